The number of amidine groups is 1. The van der Waals surface area contributed by atoms with Gasteiger partial charge in [0.1, 0.15) is 11.7 Å². The van der Waals surface area contributed by atoms with Crippen LogP contribution in [-0.4, -0.2) is 58.6 Å². The molecule has 0 amide bonds. The van der Waals surface area contributed by atoms with Crippen LogP contribution >= 0.6 is 11.6 Å². The summed E-state index contributed by atoms with van der Waals surface area (Å²) in [6, 6.07) is 10.1. The van der Waals surface area contributed by atoms with Gasteiger partial charge in [0, 0.05) is 36.7 Å². The van der Waals surface area contributed by atoms with E-state index in [-0.39, 0.29) is 5.92 Å². The molecule has 9 nitrogen and oxygen atoms in total. The summed E-state index contributed by atoms with van der Waals surface area (Å²) in [7, 11) is 0. The van der Waals surface area contributed by atoms with Crippen molar-refractivity contribution in [2.75, 3.05) is 31.2 Å². The first-order valence-electron chi connectivity index (χ1n) is 10.2. The van der Waals surface area contributed by atoms with Crippen LogP contribution in [0.5, 0.6) is 0 Å². The summed E-state index contributed by atoms with van der Waals surface area (Å²) < 4.78 is 5.42. The first kappa shape index (κ1) is 20.2. The van der Waals surface area contributed by atoms with Gasteiger partial charge in [-0.2, -0.15) is 0 Å². The third-order valence-corrected chi connectivity index (χ3v) is 5.77. The molecule has 1 fully saturated rings. The number of aromatic nitrogens is 3. The van der Waals surface area contributed by atoms with E-state index in [9.17, 15) is 5.11 Å². The van der Waals surface area contributed by atoms with Crippen LogP contribution in [0.25, 0.3) is 22.4 Å². The lowest BCUT2D eigenvalue weighted by Crippen LogP contribution is -2.36. The van der Waals surface area contributed by atoms with E-state index in [1.165, 1.54) is 0 Å². The molecular formula is C21H23ClN6O3. The minimum atomic E-state index is -1.16. The smallest absolute Gasteiger partial charge is 0.280 e. The number of benzene rings is 1. The summed E-state index contributed by atoms with van der Waals surface area (Å²) in [6.45, 7) is 5.27. The summed E-state index contributed by atoms with van der Waals surface area (Å²) in [6.07, 6.45) is -0.578. The average molecular weight is 443 g/mol. The molecule has 0 radical (unpaired) electrons. The second-order valence-corrected chi connectivity index (χ2v) is 8.09. The quantitative estimate of drug-likeness (QED) is 0.557. The van der Waals surface area contributed by atoms with Gasteiger partial charge in [-0.25, -0.2) is 25.3 Å². The lowest BCUT2D eigenvalue weighted by atomic mass is 10.1. The number of anilines is 1. The maximum atomic E-state index is 9.36. The Labute approximate surface area is 184 Å². The van der Waals surface area contributed by atoms with Crippen LogP contribution in [0, 0.1) is 5.92 Å². The highest BCUT2D eigenvalue weighted by atomic mass is 35.5. The number of aliphatic hydroxyl groups excluding tert-OH is 1. The summed E-state index contributed by atoms with van der Waals surface area (Å²) in [5.41, 5.74) is 6.83. The topological polar surface area (TPSA) is 108 Å². The maximum Gasteiger partial charge on any atom is 0.280 e. The molecule has 31 heavy (non-hydrogen) atoms. The van der Waals surface area contributed by atoms with Crippen molar-refractivity contribution >= 4 is 34.3 Å². The van der Waals surface area contributed by atoms with Crippen molar-refractivity contribution in [2.24, 2.45) is 10.9 Å². The Balaban J connectivity index is 1.37. The van der Waals surface area contributed by atoms with E-state index >= 15 is 0 Å². The number of ether oxygens (including phenoxy) is 1. The number of pyridine rings is 1. The second-order valence-electron chi connectivity index (χ2n) is 7.69. The maximum absolute atomic E-state index is 9.36. The van der Waals surface area contributed by atoms with Gasteiger partial charge in [0.05, 0.1) is 29.4 Å². The Morgan fingerprint density at radius 1 is 1.23 bits per heavy atom. The molecule has 0 saturated carbocycles. The second kappa shape index (κ2) is 8.43. The molecule has 0 aliphatic carbocycles. The monoisotopic (exact) mass is 442 g/mol. The fraction of sp³-hybridized carbons (Fsp3) is 0.381. The van der Waals surface area contributed by atoms with Gasteiger partial charge in [-0.05, 0) is 18.2 Å². The number of halogens is 1. The molecule has 2 aliphatic heterocycles. The van der Waals surface area contributed by atoms with E-state index < -0.39 is 6.41 Å². The fourth-order valence-electron chi connectivity index (χ4n) is 3.82. The predicted molar refractivity (Wildman–Crippen MR) is 118 cm³/mol. The molecule has 162 valence electrons. The molecule has 2 atom stereocenters. The first-order valence-corrected chi connectivity index (χ1v) is 10.6. The number of H-pyrrole nitrogens is 1. The van der Waals surface area contributed by atoms with Crippen LogP contribution in [-0.2, 0) is 16.0 Å². The standard InChI is InChI=1S/C21H23ClN6O3/c1-12(19-26-21(29)31-27-19)10-17-23-16-11-15(22)18(25-20(16)24-17)13-2-4-14(5-3-13)28-6-8-30-9-7-28/h2-5,11-12,21,29H,6-10H2,1H3,(H,26,27)(H,23,24,25). The van der Waals surface area contributed by atoms with Crippen LogP contribution in [0.15, 0.2) is 35.3 Å². The zero-order valence-corrected chi connectivity index (χ0v) is 17.8. The van der Waals surface area contributed by atoms with Crippen LogP contribution in [0.1, 0.15) is 12.7 Å². The van der Waals surface area contributed by atoms with E-state index in [2.05, 4.69) is 37.5 Å². The van der Waals surface area contributed by atoms with Crippen molar-refractivity contribution in [1.82, 2.24) is 20.4 Å². The molecule has 3 N–H and O–H groups in total. The Morgan fingerprint density at radius 2 is 2.00 bits per heavy atom. The molecule has 10 heteroatoms. The number of hydroxylamine groups is 1. The Kier molecular flexibility index (Phi) is 5.49. The third kappa shape index (κ3) is 4.22. The molecule has 2 aromatic heterocycles. The van der Waals surface area contributed by atoms with E-state index in [0.717, 1.165) is 48.9 Å². The number of nitrogens with one attached hydrogen (secondary N) is 2. The van der Waals surface area contributed by atoms with Crippen molar-refractivity contribution in [3.8, 4) is 11.3 Å². The lowest BCUT2D eigenvalue weighted by Gasteiger charge is -2.28. The third-order valence-electron chi connectivity index (χ3n) is 5.48. The number of aliphatic imine (C=N–C) groups is 1. The number of hydrogen-bond donors (Lipinski definition) is 3. The minimum Gasteiger partial charge on any atom is -0.378 e. The number of fused-ring (bicyclic) bond motifs is 1. The number of aromatic amines is 1. The van der Waals surface area contributed by atoms with Gasteiger partial charge < -0.3 is 19.7 Å². The Hall–Kier alpha value is -2.72. The van der Waals surface area contributed by atoms with E-state index in [0.29, 0.717) is 28.6 Å². The molecule has 4 heterocycles. The van der Waals surface area contributed by atoms with Gasteiger partial charge in [-0.1, -0.05) is 30.7 Å². The average Bonchev–Trinajstić information content (AvgIpc) is 3.39. The molecule has 0 spiro atoms. The van der Waals surface area contributed by atoms with Gasteiger partial charge in [-0.3, -0.25) is 0 Å². The molecular weight excluding hydrogens is 420 g/mol. The first-order chi connectivity index (χ1) is 15.1. The molecule has 2 aliphatic rings. The van der Waals surface area contributed by atoms with E-state index in [4.69, 9.17) is 26.2 Å². The molecule has 3 aromatic rings. The van der Waals surface area contributed by atoms with E-state index in [1.54, 1.807) is 0 Å². The number of imidazole rings is 1. The molecule has 1 aromatic carbocycles. The van der Waals surface area contributed by atoms with Crippen molar-refractivity contribution in [1.29, 1.82) is 0 Å². The zero-order valence-electron chi connectivity index (χ0n) is 17.0. The normalized spacial score (nSPS) is 20.0. The number of hydrogen-bond acceptors (Lipinski definition) is 8. The van der Waals surface area contributed by atoms with Gasteiger partial charge in [0.2, 0.25) is 0 Å². The summed E-state index contributed by atoms with van der Waals surface area (Å²) in [5, 5.41) is 9.92. The number of nitrogens with zero attached hydrogens (tertiary/aromatic N) is 4. The highest BCUT2D eigenvalue weighted by Crippen LogP contribution is 2.30. The van der Waals surface area contributed by atoms with Crippen LogP contribution in [0.2, 0.25) is 5.02 Å². The summed E-state index contributed by atoms with van der Waals surface area (Å²) in [4.78, 5) is 23.8. The molecule has 5 rings (SSSR count). The molecule has 1 saturated heterocycles. The SMILES string of the molecule is CC(Cc1nc2nc(-c3ccc(N4CCOCC4)cc3)c(Cl)cc2[nH]1)C1=NC(O)ON1. The zero-order chi connectivity index (χ0) is 21.4. The highest BCUT2D eigenvalue weighted by Gasteiger charge is 2.22. The Bertz CT molecular complexity index is 1110. The number of morpholine rings is 1. The highest BCUT2D eigenvalue weighted by molar-refractivity contribution is 6.33. The number of aliphatic hydroxyl groups is 1. The van der Waals surface area contributed by atoms with Crippen molar-refractivity contribution < 1.29 is 14.7 Å². The van der Waals surface area contributed by atoms with Crippen molar-refractivity contribution in [3.63, 3.8) is 0 Å². The largest absolute Gasteiger partial charge is 0.378 e. The summed E-state index contributed by atoms with van der Waals surface area (Å²) >= 11 is 6.55. The van der Waals surface area contributed by atoms with Crippen molar-refractivity contribution in [2.45, 2.75) is 19.8 Å². The van der Waals surface area contributed by atoms with Crippen LogP contribution < -0.4 is 10.4 Å². The Morgan fingerprint density at radius 3 is 2.71 bits per heavy atom. The van der Waals surface area contributed by atoms with Gasteiger partial charge in [0.15, 0.2) is 5.65 Å². The lowest BCUT2D eigenvalue weighted by molar-refractivity contribution is -0.102. The summed E-state index contributed by atoms with van der Waals surface area (Å²) in [5.74, 6) is 1.33. The number of rotatable bonds is 5. The fourth-order valence-corrected chi connectivity index (χ4v) is 4.08. The molecule has 2 unspecified atom stereocenters. The van der Waals surface area contributed by atoms with Gasteiger partial charge in [0.25, 0.3) is 6.41 Å². The van der Waals surface area contributed by atoms with Gasteiger partial charge in [-0.15, -0.1) is 0 Å². The van der Waals surface area contributed by atoms with E-state index in [1.807, 2.05) is 25.1 Å². The predicted octanol–water partition coefficient (Wildman–Crippen LogP) is 2.50. The van der Waals surface area contributed by atoms with Gasteiger partial charge >= 0.3 is 0 Å². The minimum absolute atomic E-state index is 0.0135. The van der Waals surface area contributed by atoms with Crippen molar-refractivity contribution in [3.05, 3.63) is 41.2 Å². The van der Waals surface area contributed by atoms with Crippen LogP contribution in [0.3, 0.4) is 0 Å². The van der Waals surface area contributed by atoms with Crippen LogP contribution in [0.4, 0.5) is 5.69 Å². The molecule has 0 bridgehead atoms.